The Hall–Kier alpha value is -1.02. The van der Waals surface area contributed by atoms with Gasteiger partial charge in [-0.1, -0.05) is 6.07 Å². The van der Waals surface area contributed by atoms with Crippen molar-refractivity contribution < 1.29 is 4.79 Å². The number of rotatable bonds is 8. The van der Waals surface area contributed by atoms with Crippen molar-refractivity contribution in [2.45, 2.75) is 38.1 Å². The summed E-state index contributed by atoms with van der Waals surface area (Å²) in [5.74, 6) is 2.59. The normalized spacial score (nSPS) is 15.6. The highest BCUT2D eigenvalue weighted by molar-refractivity contribution is 7.98. The summed E-state index contributed by atoms with van der Waals surface area (Å²) in [4.78, 5) is 12.5. The SMILES string of the molecule is CSCCC(NC(=O)CCC1CCNCC1)c1nnc2ccccn12.Cl.Cl. The van der Waals surface area contributed by atoms with E-state index in [1.165, 1.54) is 12.8 Å². The Morgan fingerprint density at radius 2 is 2.11 bits per heavy atom. The molecule has 2 aromatic rings. The Balaban J connectivity index is 0.00000182. The third-order valence-corrected chi connectivity index (χ3v) is 5.48. The third-order valence-electron chi connectivity index (χ3n) is 4.84. The van der Waals surface area contributed by atoms with Crippen LogP contribution in [0.15, 0.2) is 24.4 Å². The Morgan fingerprint density at radius 3 is 2.85 bits per heavy atom. The minimum absolute atomic E-state index is 0. The Kier molecular flexibility index (Phi) is 11.1. The van der Waals surface area contributed by atoms with Gasteiger partial charge in [0, 0.05) is 12.6 Å². The van der Waals surface area contributed by atoms with Crippen LogP contribution in [0.25, 0.3) is 5.65 Å². The second kappa shape index (κ2) is 12.4. The van der Waals surface area contributed by atoms with Crippen molar-refractivity contribution >= 4 is 48.1 Å². The third kappa shape index (κ3) is 6.82. The highest BCUT2D eigenvalue weighted by atomic mass is 35.5. The van der Waals surface area contributed by atoms with Crippen molar-refractivity contribution in [3.63, 3.8) is 0 Å². The molecule has 152 valence electrons. The van der Waals surface area contributed by atoms with Crippen LogP contribution in [0.2, 0.25) is 0 Å². The van der Waals surface area contributed by atoms with Gasteiger partial charge in [0.25, 0.3) is 0 Å². The molecule has 2 aromatic heterocycles. The van der Waals surface area contributed by atoms with Gasteiger partial charge in [-0.25, -0.2) is 0 Å². The molecule has 2 N–H and O–H groups in total. The first-order valence-electron chi connectivity index (χ1n) is 9.06. The number of nitrogens with one attached hydrogen (secondary N) is 2. The fraction of sp³-hybridized carbons (Fsp3) is 0.611. The molecular formula is C18H29Cl2N5OS. The number of hydrogen-bond acceptors (Lipinski definition) is 5. The van der Waals surface area contributed by atoms with E-state index in [0.717, 1.165) is 43.2 Å². The number of halogens is 2. The fourth-order valence-electron chi connectivity index (χ4n) is 3.37. The van der Waals surface area contributed by atoms with Crippen molar-refractivity contribution in [2.24, 2.45) is 5.92 Å². The number of pyridine rings is 1. The van der Waals surface area contributed by atoms with Crippen LogP contribution in [-0.2, 0) is 4.79 Å². The Bertz CT molecular complexity index is 693. The summed E-state index contributed by atoms with van der Waals surface area (Å²) in [6.45, 7) is 2.16. The topological polar surface area (TPSA) is 71.3 Å². The number of fused-ring (bicyclic) bond motifs is 1. The van der Waals surface area contributed by atoms with E-state index in [9.17, 15) is 4.79 Å². The van der Waals surface area contributed by atoms with E-state index in [0.29, 0.717) is 12.3 Å². The fourth-order valence-corrected chi connectivity index (χ4v) is 3.84. The molecule has 0 aliphatic carbocycles. The number of aromatic nitrogens is 3. The van der Waals surface area contributed by atoms with Crippen molar-refractivity contribution in [3.8, 4) is 0 Å². The first kappa shape index (κ1) is 24.0. The highest BCUT2D eigenvalue weighted by Gasteiger charge is 2.21. The molecule has 1 unspecified atom stereocenters. The van der Waals surface area contributed by atoms with Crippen molar-refractivity contribution in [1.29, 1.82) is 0 Å². The second-order valence-corrected chi connectivity index (χ2v) is 7.61. The van der Waals surface area contributed by atoms with Gasteiger partial charge in [-0.05, 0) is 68.8 Å². The minimum atomic E-state index is -0.0922. The van der Waals surface area contributed by atoms with Crippen LogP contribution in [0, 0.1) is 5.92 Å². The lowest BCUT2D eigenvalue weighted by molar-refractivity contribution is -0.122. The summed E-state index contributed by atoms with van der Waals surface area (Å²) in [7, 11) is 0. The van der Waals surface area contributed by atoms with Gasteiger partial charge in [-0.2, -0.15) is 11.8 Å². The van der Waals surface area contributed by atoms with Crippen molar-refractivity contribution in [3.05, 3.63) is 30.2 Å². The summed E-state index contributed by atoms with van der Waals surface area (Å²) in [6, 6.07) is 5.75. The lowest BCUT2D eigenvalue weighted by Crippen LogP contribution is -2.32. The van der Waals surface area contributed by atoms with E-state index in [1.54, 1.807) is 11.8 Å². The molecule has 1 aliphatic rings. The monoisotopic (exact) mass is 433 g/mol. The number of hydrogen-bond donors (Lipinski definition) is 2. The average Bonchev–Trinajstić information content (AvgIpc) is 3.08. The van der Waals surface area contributed by atoms with Crippen LogP contribution in [0.1, 0.15) is 44.0 Å². The first-order chi connectivity index (χ1) is 12.3. The molecule has 3 heterocycles. The van der Waals surface area contributed by atoms with Gasteiger partial charge in [0.1, 0.15) is 0 Å². The lowest BCUT2D eigenvalue weighted by Gasteiger charge is -2.23. The van der Waals surface area contributed by atoms with Crippen LogP contribution >= 0.6 is 36.6 Å². The van der Waals surface area contributed by atoms with Gasteiger partial charge in [0.2, 0.25) is 5.91 Å². The van der Waals surface area contributed by atoms with Crippen LogP contribution in [0.5, 0.6) is 0 Å². The van der Waals surface area contributed by atoms with E-state index in [1.807, 2.05) is 28.8 Å². The Morgan fingerprint density at radius 1 is 1.33 bits per heavy atom. The molecule has 0 radical (unpaired) electrons. The van der Waals surface area contributed by atoms with Crippen LogP contribution < -0.4 is 10.6 Å². The molecule has 0 spiro atoms. The van der Waals surface area contributed by atoms with E-state index in [4.69, 9.17) is 0 Å². The summed E-state index contributed by atoms with van der Waals surface area (Å²) < 4.78 is 1.97. The quantitative estimate of drug-likeness (QED) is 0.668. The zero-order chi connectivity index (χ0) is 17.5. The largest absolute Gasteiger partial charge is 0.346 e. The first-order valence-corrected chi connectivity index (χ1v) is 10.5. The predicted molar refractivity (Wildman–Crippen MR) is 116 cm³/mol. The number of thioether (sulfide) groups is 1. The van der Waals surface area contributed by atoms with E-state index in [2.05, 4.69) is 27.1 Å². The summed E-state index contributed by atoms with van der Waals surface area (Å²) in [5.41, 5.74) is 0.815. The number of amides is 1. The number of nitrogens with zero attached hydrogens (tertiary/aromatic N) is 3. The van der Waals surface area contributed by atoms with Crippen LogP contribution in [-0.4, -0.2) is 45.6 Å². The molecule has 1 saturated heterocycles. The van der Waals surface area contributed by atoms with Crippen LogP contribution in [0.4, 0.5) is 0 Å². The molecule has 1 amide bonds. The number of carbonyl (C=O) groups excluding carboxylic acids is 1. The standard InChI is InChI=1S/C18H27N5OS.2ClH/c1-25-13-9-15(18-22-21-16-4-2-3-12-23(16)18)20-17(24)6-5-14-7-10-19-11-8-14;;/h2-4,12,14-15,19H,5-11,13H2,1H3,(H,20,24);2*1H. The molecular weight excluding hydrogens is 405 g/mol. The molecule has 6 nitrogen and oxygen atoms in total. The number of piperidine rings is 1. The van der Waals surface area contributed by atoms with Crippen molar-refractivity contribution in [2.75, 3.05) is 25.1 Å². The average molecular weight is 434 g/mol. The van der Waals surface area contributed by atoms with E-state index >= 15 is 0 Å². The second-order valence-electron chi connectivity index (χ2n) is 6.62. The maximum atomic E-state index is 12.5. The molecule has 9 heteroatoms. The zero-order valence-corrected chi connectivity index (χ0v) is 18.0. The van der Waals surface area contributed by atoms with Crippen molar-refractivity contribution in [1.82, 2.24) is 25.2 Å². The maximum Gasteiger partial charge on any atom is 0.220 e. The highest BCUT2D eigenvalue weighted by Crippen LogP contribution is 2.20. The Labute approximate surface area is 177 Å². The van der Waals surface area contributed by atoms with Gasteiger partial charge < -0.3 is 10.6 Å². The summed E-state index contributed by atoms with van der Waals surface area (Å²) >= 11 is 1.78. The molecule has 0 saturated carbocycles. The lowest BCUT2D eigenvalue weighted by atomic mass is 9.93. The molecule has 27 heavy (non-hydrogen) atoms. The van der Waals surface area contributed by atoms with Gasteiger partial charge >= 0.3 is 0 Å². The van der Waals surface area contributed by atoms with E-state index in [-0.39, 0.29) is 36.8 Å². The van der Waals surface area contributed by atoms with Gasteiger partial charge in [-0.3, -0.25) is 9.20 Å². The zero-order valence-electron chi connectivity index (χ0n) is 15.6. The summed E-state index contributed by atoms with van der Waals surface area (Å²) in [5, 5.41) is 15.1. The van der Waals surface area contributed by atoms with Gasteiger partial charge in [-0.15, -0.1) is 35.0 Å². The molecule has 1 atom stereocenters. The van der Waals surface area contributed by atoms with E-state index < -0.39 is 0 Å². The number of carbonyl (C=O) groups is 1. The molecule has 3 rings (SSSR count). The smallest absolute Gasteiger partial charge is 0.220 e. The van der Waals surface area contributed by atoms with Crippen LogP contribution in [0.3, 0.4) is 0 Å². The summed E-state index contributed by atoms with van der Waals surface area (Å²) in [6.07, 6.45) is 8.82. The van der Waals surface area contributed by atoms with Gasteiger partial charge in [0.15, 0.2) is 11.5 Å². The molecule has 0 bridgehead atoms. The molecule has 1 aliphatic heterocycles. The minimum Gasteiger partial charge on any atom is -0.346 e. The predicted octanol–water partition coefficient (Wildman–Crippen LogP) is 3.26. The van der Waals surface area contributed by atoms with Gasteiger partial charge in [0.05, 0.1) is 6.04 Å². The molecule has 1 fully saturated rings. The maximum absolute atomic E-state index is 12.5. The molecule has 0 aromatic carbocycles.